The molecule has 1 aromatic carbocycles. The highest BCUT2D eigenvalue weighted by molar-refractivity contribution is 7.80. The van der Waals surface area contributed by atoms with Crippen LogP contribution in [0.4, 0.5) is 5.69 Å². The van der Waals surface area contributed by atoms with Gasteiger partial charge >= 0.3 is 0 Å². The molecule has 19 heavy (non-hydrogen) atoms. The van der Waals surface area contributed by atoms with Crippen LogP contribution in [0.2, 0.25) is 0 Å². The topological polar surface area (TPSA) is 18.5 Å². The van der Waals surface area contributed by atoms with E-state index in [2.05, 4.69) is 22.0 Å². The van der Waals surface area contributed by atoms with Crippen molar-refractivity contribution >= 4 is 23.0 Å². The van der Waals surface area contributed by atoms with Gasteiger partial charge in [0.05, 0.1) is 0 Å². The van der Waals surface area contributed by atoms with Crippen molar-refractivity contribution in [2.24, 2.45) is 0 Å². The number of benzene rings is 1. The zero-order valence-corrected chi connectivity index (χ0v) is 12.5. The summed E-state index contributed by atoms with van der Waals surface area (Å²) in [6, 6.07) is 10.1. The first-order chi connectivity index (χ1) is 9.29. The molecule has 4 heteroatoms. The zero-order chi connectivity index (χ0) is 13.5. The van der Waals surface area contributed by atoms with E-state index in [9.17, 15) is 0 Å². The third-order valence-corrected chi connectivity index (χ3v) is 3.87. The molecule has 0 unspecified atom stereocenters. The molecule has 0 aromatic heterocycles. The summed E-state index contributed by atoms with van der Waals surface area (Å²) in [7, 11) is 0. The van der Waals surface area contributed by atoms with Gasteiger partial charge in [-0.2, -0.15) is 0 Å². The van der Waals surface area contributed by atoms with Crippen molar-refractivity contribution in [3.63, 3.8) is 0 Å². The Morgan fingerprint density at radius 3 is 2.47 bits per heavy atom. The van der Waals surface area contributed by atoms with Crippen LogP contribution in [0.25, 0.3) is 0 Å². The number of unbranched alkanes of at least 4 members (excludes halogenated alkanes) is 1. The molecule has 0 atom stereocenters. The summed E-state index contributed by atoms with van der Waals surface area (Å²) < 4.78 is 0. The van der Waals surface area contributed by atoms with Crippen molar-refractivity contribution in [1.82, 2.24) is 9.80 Å². The van der Waals surface area contributed by atoms with Gasteiger partial charge in [0.2, 0.25) is 0 Å². The lowest BCUT2D eigenvalue weighted by Crippen LogP contribution is -2.50. The van der Waals surface area contributed by atoms with Gasteiger partial charge in [0.25, 0.3) is 0 Å². The Labute approximate surface area is 121 Å². The van der Waals surface area contributed by atoms with Crippen molar-refractivity contribution in [2.45, 2.75) is 19.8 Å². The van der Waals surface area contributed by atoms with Gasteiger partial charge in [0.1, 0.15) is 0 Å². The number of nitrogens with one attached hydrogen (secondary N) is 1. The number of para-hydroxylation sites is 1. The molecule has 104 valence electrons. The maximum atomic E-state index is 5.48. The van der Waals surface area contributed by atoms with Crippen LogP contribution in [0.15, 0.2) is 30.3 Å². The Morgan fingerprint density at radius 1 is 1.16 bits per heavy atom. The van der Waals surface area contributed by atoms with Crippen LogP contribution in [0.1, 0.15) is 19.8 Å². The second kappa shape index (κ2) is 7.46. The Balaban J connectivity index is 1.76. The summed E-state index contributed by atoms with van der Waals surface area (Å²) >= 11 is 5.48. The van der Waals surface area contributed by atoms with Gasteiger partial charge in [-0.1, -0.05) is 31.5 Å². The Bertz CT molecular complexity index is 386. The van der Waals surface area contributed by atoms with E-state index < -0.39 is 0 Å². The number of piperazine rings is 1. The molecule has 2 rings (SSSR count). The molecular formula is C15H23N3S. The average molecular weight is 277 g/mol. The summed E-state index contributed by atoms with van der Waals surface area (Å²) in [5.74, 6) is 0. The Morgan fingerprint density at radius 2 is 1.84 bits per heavy atom. The van der Waals surface area contributed by atoms with Gasteiger partial charge < -0.3 is 10.2 Å². The van der Waals surface area contributed by atoms with Gasteiger partial charge in [0.15, 0.2) is 5.11 Å². The van der Waals surface area contributed by atoms with Gasteiger partial charge in [-0.3, -0.25) is 4.90 Å². The molecule has 0 bridgehead atoms. The van der Waals surface area contributed by atoms with Crippen molar-refractivity contribution in [3.8, 4) is 0 Å². The quantitative estimate of drug-likeness (QED) is 0.853. The monoisotopic (exact) mass is 277 g/mol. The standard InChI is InChI=1S/C15H23N3S/c1-2-3-9-17-10-12-18(13-11-17)15(19)16-14-7-5-4-6-8-14/h4-8H,2-3,9-13H2,1H3,(H,16,19). The van der Waals surface area contributed by atoms with Gasteiger partial charge in [0, 0.05) is 31.9 Å². The zero-order valence-electron chi connectivity index (χ0n) is 11.6. The van der Waals surface area contributed by atoms with E-state index in [4.69, 9.17) is 12.2 Å². The number of rotatable bonds is 4. The van der Waals surface area contributed by atoms with E-state index >= 15 is 0 Å². The fourth-order valence-corrected chi connectivity index (χ4v) is 2.58. The second-order valence-electron chi connectivity index (χ2n) is 4.98. The van der Waals surface area contributed by atoms with E-state index in [-0.39, 0.29) is 0 Å². The number of hydrogen-bond donors (Lipinski definition) is 1. The minimum Gasteiger partial charge on any atom is -0.346 e. The predicted molar refractivity (Wildman–Crippen MR) is 85.6 cm³/mol. The highest BCUT2D eigenvalue weighted by Crippen LogP contribution is 2.09. The van der Waals surface area contributed by atoms with E-state index in [0.29, 0.717) is 0 Å². The van der Waals surface area contributed by atoms with Gasteiger partial charge in [-0.15, -0.1) is 0 Å². The summed E-state index contributed by atoms with van der Waals surface area (Å²) in [6.07, 6.45) is 2.57. The lowest BCUT2D eigenvalue weighted by Gasteiger charge is -2.36. The first-order valence-corrected chi connectivity index (χ1v) is 7.53. The van der Waals surface area contributed by atoms with E-state index in [1.54, 1.807) is 0 Å². The predicted octanol–water partition coefficient (Wildman–Crippen LogP) is 2.80. The average Bonchev–Trinajstić information content (AvgIpc) is 2.46. The third kappa shape index (κ3) is 4.48. The lowest BCUT2D eigenvalue weighted by atomic mass is 10.2. The smallest absolute Gasteiger partial charge is 0.173 e. The molecule has 0 amide bonds. The summed E-state index contributed by atoms with van der Waals surface area (Å²) in [5.41, 5.74) is 1.07. The summed E-state index contributed by atoms with van der Waals surface area (Å²) in [6.45, 7) is 7.77. The number of hydrogen-bond acceptors (Lipinski definition) is 2. The fraction of sp³-hybridized carbons (Fsp3) is 0.533. The molecule has 1 saturated heterocycles. The van der Waals surface area contributed by atoms with Crippen molar-refractivity contribution in [3.05, 3.63) is 30.3 Å². The van der Waals surface area contributed by atoms with Crippen molar-refractivity contribution in [1.29, 1.82) is 0 Å². The van der Waals surface area contributed by atoms with Crippen LogP contribution >= 0.6 is 12.2 Å². The van der Waals surface area contributed by atoms with Crippen molar-refractivity contribution in [2.75, 3.05) is 38.0 Å². The molecule has 0 saturated carbocycles. The van der Waals surface area contributed by atoms with Gasteiger partial charge in [-0.05, 0) is 37.3 Å². The second-order valence-corrected chi connectivity index (χ2v) is 5.37. The van der Waals surface area contributed by atoms with E-state index in [0.717, 1.165) is 37.0 Å². The largest absolute Gasteiger partial charge is 0.346 e. The van der Waals surface area contributed by atoms with Crippen LogP contribution in [-0.2, 0) is 0 Å². The Kier molecular flexibility index (Phi) is 5.61. The third-order valence-electron chi connectivity index (χ3n) is 3.51. The molecule has 1 aliphatic rings. The number of thiocarbonyl (C=S) groups is 1. The normalized spacial score (nSPS) is 16.4. The van der Waals surface area contributed by atoms with Crippen LogP contribution in [-0.4, -0.2) is 47.6 Å². The molecule has 1 N–H and O–H groups in total. The van der Waals surface area contributed by atoms with Crippen molar-refractivity contribution < 1.29 is 0 Å². The minimum atomic E-state index is 0.848. The van der Waals surface area contributed by atoms with E-state index in [1.165, 1.54) is 19.4 Å². The van der Waals surface area contributed by atoms with Gasteiger partial charge in [-0.25, -0.2) is 0 Å². The SMILES string of the molecule is CCCCN1CCN(C(=S)Nc2ccccc2)CC1. The van der Waals surface area contributed by atoms with Crippen LogP contribution in [0.3, 0.4) is 0 Å². The van der Waals surface area contributed by atoms with Crippen LogP contribution < -0.4 is 5.32 Å². The molecule has 3 nitrogen and oxygen atoms in total. The summed E-state index contributed by atoms with van der Waals surface area (Å²) in [4.78, 5) is 4.80. The maximum Gasteiger partial charge on any atom is 0.173 e. The molecule has 0 aliphatic carbocycles. The molecule has 0 spiro atoms. The van der Waals surface area contributed by atoms with E-state index in [1.807, 2.05) is 30.3 Å². The molecule has 1 heterocycles. The lowest BCUT2D eigenvalue weighted by molar-refractivity contribution is 0.181. The highest BCUT2D eigenvalue weighted by atomic mass is 32.1. The van der Waals surface area contributed by atoms with Crippen LogP contribution in [0, 0.1) is 0 Å². The fourth-order valence-electron chi connectivity index (χ4n) is 2.28. The summed E-state index contributed by atoms with van der Waals surface area (Å²) in [5, 5.41) is 4.16. The number of anilines is 1. The minimum absolute atomic E-state index is 0.848. The highest BCUT2D eigenvalue weighted by Gasteiger charge is 2.18. The first kappa shape index (κ1) is 14.3. The number of nitrogens with zero attached hydrogens (tertiary/aromatic N) is 2. The maximum absolute atomic E-state index is 5.48. The molecule has 0 radical (unpaired) electrons. The Hall–Kier alpha value is -1.13. The van der Waals surface area contributed by atoms with Crippen LogP contribution in [0.5, 0.6) is 0 Å². The first-order valence-electron chi connectivity index (χ1n) is 7.13. The molecular weight excluding hydrogens is 254 g/mol. The molecule has 1 aromatic rings. The molecule has 1 aliphatic heterocycles. The molecule has 1 fully saturated rings.